The standard InChI is InChI=1S/C8H2F4O4.Na.H/c9-3-1(7(13)14)4(10)6(12)2(5(3)11)8(15)16;;/h(H,13,14)(H,15,16);;/q;+1;-1. The molecule has 0 bridgehead atoms. The van der Waals surface area contributed by atoms with Crippen LogP contribution in [0.2, 0.25) is 0 Å². The van der Waals surface area contributed by atoms with Crippen molar-refractivity contribution < 1.29 is 68.3 Å². The molecule has 88 valence electrons. The Morgan fingerprint density at radius 2 is 0.941 bits per heavy atom. The van der Waals surface area contributed by atoms with E-state index in [1.54, 1.807) is 0 Å². The molecule has 0 saturated carbocycles. The molecule has 17 heavy (non-hydrogen) atoms. The van der Waals surface area contributed by atoms with Gasteiger partial charge in [0.25, 0.3) is 0 Å². The minimum absolute atomic E-state index is 0. The van der Waals surface area contributed by atoms with Crippen LogP contribution in [0.25, 0.3) is 0 Å². The Labute approximate surface area is 115 Å². The maximum Gasteiger partial charge on any atom is 1.00 e. The van der Waals surface area contributed by atoms with Gasteiger partial charge in [0, 0.05) is 0 Å². The molecule has 1 aromatic carbocycles. The molecule has 0 aliphatic carbocycles. The number of carbonyl (C=O) groups is 2. The van der Waals surface area contributed by atoms with E-state index >= 15 is 0 Å². The zero-order valence-electron chi connectivity index (χ0n) is 9.22. The Morgan fingerprint density at radius 3 is 1.06 bits per heavy atom. The van der Waals surface area contributed by atoms with Gasteiger partial charge in [-0.25, -0.2) is 27.2 Å². The van der Waals surface area contributed by atoms with E-state index in [1.807, 2.05) is 0 Å². The molecule has 1 rings (SSSR count). The topological polar surface area (TPSA) is 74.6 Å². The third-order valence-electron chi connectivity index (χ3n) is 1.69. The van der Waals surface area contributed by atoms with Crippen LogP contribution in [-0.2, 0) is 0 Å². The van der Waals surface area contributed by atoms with Gasteiger partial charge in [-0.15, -0.1) is 0 Å². The molecule has 0 spiro atoms. The molecular formula is C8H3F4NaO4. The van der Waals surface area contributed by atoms with E-state index in [0.717, 1.165) is 0 Å². The van der Waals surface area contributed by atoms with Gasteiger partial charge in [0.15, 0.2) is 23.3 Å². The number of rotatable bonds is 2. The Bertz CT molecular complexity index is 434. The van der Waals surface area contributed by atoms with Gasteiger partial charge in [0.1, 0.15) is 11.1 Å². The van der Waals surface area contributed by atoms with Crippen molar-refractivity contribution in [2.24, 2.45) is 0 Å². The first-order valence-corrected chi connectivity index (χ1v) is 3.61. The van der Waals surface area contributed by atoms with Crippen LogP contribution >= 0.6 is 0 Å². The van der Waals surface area contributed by atoms with Gasteiger partial charge in [0.05, 0.1) is 0 Å². The molecule has 0 aliphatic rings. The SMILES string of the molecule is O=C(O)c1c(F)c(F)c(C(=O)O)c(F)c1F.[H-].[Na+]. The van der Waals surface area contributed by atoms with Crippen LogP contribution in [0, 0.1) is 23.3 Å². The third kappa shape index (κ3) is 2.59. The largest absolute Gasteiger partial charge is 1.00 e. The smallest absolute Gasteiger partial charge is 1.00 e. The average molecular weight is 262 g/mol. The van der Waals surface area contributed by atoms with Crippen molar-refractivity contribution in [3.8, 4) is 0 Å². The summed E-state index contributed by atoms with van der Waals surface area (Å²) in [6, 6.07) is 0. The first kappa shape index (κ1) is 15.9. The van der Waals surface area contributed by atoms with Crippen LogP contribution in [0.5, 0.6) is 0 Å². The molecule has 0 aliphatic heterocycles. The fourth-order valence-electron chi connectivity index (χ4n) is 1.01. The molecule has 9 heteroatoms. The number of carboxylic acids is 2. The predicted molar refractivity (Wildman–Crippen MR) is 41.3 cm³/mol. The fourth-order valence-corrected chi connectivity index (χ4v) is 1.01. The molecule has 0 fully saturated rings. The van der Waals surface area contributed by atoms with E-state index in [-0.39, 0.29) is 31.0 Å². The van der Waals surface area contributed by atoms with Gasteiger partial charge in [-0.3, -0.25) is 0 Å². The molecule has 0 atom stereocenters. The summed E-state index contributed by atoms with van der Waals surface area (Å²) in [6.07, 6.45) is 0. The number of carboxylic acid groups (broad SMARTS) is 2. The predicted octanol–water partition coefficient (Wildman–Crippen LogP) is -1.24. The van der Waals surface area contributed by atoms with E-state index in [2.05, 4.69) is 0 Å². The second-order valence-corrected chi connectivity index (χ2v) is 2.62. The monoisotopic (exact) mass is 262 g/mol. The summed E-state index contributed by atoms with van der Waals surface area (Å²) in [6.45, 7) is 0. The molecule has 1 aromatic rings. The summed E-state index contributed by atoms with van der Waals surface area (Å²) in [7, 11) is 0. The molecule has 0 unspecified atom stereocenters. The van der Waals surface area contributed by atoms with Crippen LogP contribution in [-0.4, -0.2) is 22.2 Å². The minimum atomic E-state index is -2.26. The number of hydrogen-bond acceptors (Lipinski definition) is 2. The summed E-state index contributed by atoms with van der Waals surface area (Å²) in [5.74, 6) is -13.5. The van der Waals surface area contributed by atoms with Gasteiger partial charge in [-0.05, 0) is 0 Å². The molecular weight excluding hydrogens is 259 g/mol. The first-order chi connectivity index (χ1) is 7.29. The van der Waals surface area contributed by atoms with E-state index in [9.17, 15) is 27.2 Å². The van der Waals surface area contributed by atoms with Crippen LogP contribution in [0.1, 0.15) is 22.1 Å². The average Bonchev–Trinajstić information content (AvgIpc) is 2.14. The van der Waals surface area contributed by atoms with Crippen molar-refractivity contribution in [3.05, 3.63) is 34.4 Å². The second-order valence-electron chi connectivity index (χ2n) is 2.62. The van der Waals surface area contributed by atoms with Gasteiger partial charge in [0.2, 0.25) is 0 Å². The molecule has 0 saturated heterocycles. The number of benzene rings is 1. The molecule has 2 N–H and O–H groups in total. The second kappa shape index (κ2) is 5.48. The zero-order chi connectivity index (χ0) is 12.6. The molecule has 0 amide bonds. The van der Waals surface area contributed by atoms with Gasteiger partial charge in [-0.1, -0.05) is 0 Å². The third-order valence-corrected chi connectivity index (χ3v) is 1.69. The van der Waals surface area contributed by atoms with Crippen molar-refractivity contribution in [1.29, 1.82) is 0 Å². The molecule has 0 aromatic heterocycles. The number of halogens is 4. The van der Waals surface area contributed by atoms with Crippen molar-refractivity contribution in [2.45, 2.75) is 0 Å². The van der Waals surface area contributed by atoms with E-state index in [0.29, 0.717) is 0 Å². The van der Waals surface area contributed by atoms with E-state index in [1.165, 1.54) is 0 Å². The summed E-state index contributed by atoms with van der Waals surface area (Å²) in [5.41, 5.74) is -3.75. The number of hydrogen-bond donors (Lipinski definition) is 2. The van der Waals surface area contributed by atoms with Crippen molar-refractivity contribution >= 4 is 11.9 Å². The Morgan fingerprint density at radius 1 is 0.765 bits per heavy atom. The molecule has 4 nitrogen and oxygen atoms in total. The van der Waals surface area contributed by atoms with Crippen molar-refractivity contribution in [1.82, 2.24) is 0 Å². The van der Waals surface area contributed by atoms with Crippen LogP contribution in [0.3, 0.4) is 0 Å². The van der Waals surface area contributed by atoms with Gasteiger partial charge in [-0.2, -0.15) is 0 Å². The van der Waals surface area contributed by atoms with E-state index < -0.39 is 46.3 Å². The summed E-state index contributed by atoms with van der Waals surface area (Å²) < 4.78 is 51.6. The van der Waals surface area contributed by atoms with Crippen molar-refractivity contribution in [2.75, 3.05) is 0 Å². The summed E-state index contributed by atoms with van der Waals surface area (Å²) in [4.78, 5) is 20.5. The van der Waals surface area contributed by atoms with Gasteiger partial charge < -0.3 is 11.6 Å². The Balaban J connectivity index is 0. The molecule has 0 radical (unpaired) electrons. The maximum absolute atomic E-state index is 12.9. The number of aromatic carboxylic acids is 2. The first-order valence-electron chi connectivity index (χ1n) is 3.61. The Hall–Kier alpha value is -1.12. The van der Waals surface area contributed by atoms with Crippen LogP contribution in [0.4, 0.5) is 17.6 Å². The summed E-state index contributed by atoms with van der Waals surface area (Å²) in [5, 5.41) is 16.5. The normalized spacial score (nSPS) is 9.65. The Kier molecular flexibility index (Phi) is 5.12. The van der Waals surface area contributed by atoms with Gasteiger partial charge >= 0.3 is 41.5 Å². The minimum Gasteiger partial charge on any atom is -1.00 e. The maximum atomic E-state index is 12.9. The van der Waals surface area contributed by atoms with Crippen LogP contribution < -0.4 is 29.6 Å². The summed E-state index contributed by atoms with van der Waals surface area (Å²) >= 11 is 0. The fraction of sp³-hybridized carbons (Fsp3) is 0. The van der Waals surface area contributed by atoms with E-state index in [4.69, 9.17) is 10.2 Å². The quantitative estimate of drug-likeness (QED) is 0.397. The van der Waals surface area contributed by atoms with Crippen molar-refractivity contribution in [3.63, 3.8) is 0 Å². The zero-order valence-corrected chi connectivity index (χ0v) is 10.2. The molecule has 0 heterocycles. The van der Waals surface area contributed by atoms with Crippen LogP contribution in [0.15, 0.2) is 0 Å².